The van der Waals surface area contributed by atoms with Crippen LogP contribution in [0.3, 0.4) is 0 Å². The van der Waals surface area contributed by atoms with Crippen molar-refractivity contribution in [3.05, 3.63) is 41.7 Å². The first kappa shape index (κ1) is 13.6. The number of nitrogens with zero attached hydrogens (tertiary/aromatic N) is 2. The third-order valence-corrected chi connectivity index (χ3v) is 2.65. The molecule has 0 aliphatic carbocycles. The number of para-hydroxylation sites is 1. The summed E-state index contributed by atoms with van der Waals surface area (Å²) in [6.07, 6.45) is 1.53. The molecule has 1 aromatic heterocycles. The second-order valence-corrected chi connectivity index (χ2v) is 4.10. The summed E-state index contributed by atoms with van der Waals surface area (Å²) in [6.45, 7) is 0. The fraction of sp³-hybridized carbons (Fsp3) is 0.154. The van der Waals surface area contributed by atoms with Gasteiger partial charge in [0.05, 0.1) is 24.0 Å². The summed E-state index contributed by atoms with van der Waals surface area (Å²) in [5.41, 5.74) is 6.66. The van der Waals surface area contributed by atoms with Crippen molar-refractivity contribution in [3.63, 3.8) is 0 Å². The molecule has 2 aromatic rings. The van der Waals surface area contributed by atoms with Gasteiger partial charge in [-0.05, 0) is 12.1 Å². The Bertz CT molecular complexity index is 663. The van der Waals surface area contributed by atoms with Crippen LogP contribution in [0.1, 0.15) is 20.8 Å². The molecule has 1 amide bonds. The van der Waals surface area contributed by atoms with Crippen LogP contribution in [0, 0.1) is 0 Å². The maximum Gasteiger partial charge on any atom is 0.339 e. The number of nitrogen functional groups attached to an aromatic ring is 1. The van der Waals surface area contributed by atoms with E-state index in [2.05, 4.69) is 15.2 Å². The molecule has 0 aliphatic heterocycles. The van der Waals surface area contributed by atoms with Crippen LogP contribution in [0.15, 0.2) is 30.5 Å². The first-order valence-electron chi connectivity index (χ1n) is 5.80. The lowest BCUT2D eigenvalue weighted by molar-refractivity contribution is 0.0602. The van der Waals surface area contributed by atoms with Crippen molar-refractivity contribution in [3.8, 4) is 0 Å². The highest BCUT2D eigenvalue weighted by atomic mass is 16.5. The monoisotopic (exact) mass is 274 g/mol. The molecule has 0 unspecified atom stereocenters. The SMILES string of the molecule is COC(=O)c1ccccc1NC(=O)c1nn(C)cc1N. The van der Waals surface area contributed by atoms with Gasteiger partial charge < -0.3 is 15.8 Å². The lowest BCUT2D eigenvalue weighted by Gasteiger charge is -2.08. The number of amides is 1. The molecule has 0 atom stereocenters. The molecule has 0 spiro atoms. The molecule has 0 aliphatic rings. The zero-order valence-electron chi connectivity index (χ0n) is 11.1. The number of ether oxygens (including phenoxy) is 1. The molecule has 7 nitrogen and oxygen atoms in total. The summed E-state index contributed by atoms with van der Waals surface area (Å²) < 4.78 is 6.10. The van der Waals surface area contributed by atoms with Crippen molar-refractivity contribution < 1.29 is 14.3 Å². The predicted octanol–water partition coefficient (Wildman–Crippen LogP) is 1.04. The average molecular weight is 274 g/mol. The summed E-state index contributed by atoms with van der Waals surface area (Å²) in [5, 5.41) is 6.57. The van der Waals surface area contributed by atoms with Gasteiger partial charge in [0, 0.05) is 13.2 Å². The number of aromatic nitrogens is 2. The summed E-state index contributed by atoms with van der Waals surface area (Å²) in [7, 11) is 2.94. The van der Waals surface area contributed by atoms with E-state index in [0.29, 0.717) is 5.69 Å². The molecule has 7 heteroatoms. The molecular weight excluding hydrogens is 260 g/mol. The van der Waals surface area contributed by atoms with Crippen LogP contribution in [0.5, 0.6) is 0 Å². The predicted molar refractivity (Wildman–Crippen MR) is 73.4 cm³/mol. The Morgan fingerprint density at radius 1 is 1.35 bits per heavy atom. The maximum atomic E-state index is 12.1. The zero-order chi connectivity index (χ0) is 14.7. The van der Waals surface area contributed by atoms with Gasteiger partial charge >= 0.3 is 5.97 Å². The minimum atomic E-state index is -0.533. The van der Waals surface area contributed by atoms with Crippen molar-refractivity contribution in [1.29, 1.82) is 0 Å². The lowest BCUT2D eigenvalue weighted by Crippen LogP contribution is -2.17. The molecule has 0 saturated carbocycles. The number of rotatable bonds is 3. The number of methoxy groups -OCH3 is 1. The lowest BCUT2D eigenvalue weighted by atomic mass is 10.1. The Morgan fingerprint density at radius 3 is 2.65 bits per heavy atom. The van der Waals surface area contributed by atoms with Crippen LogP contribution in [0.25, 0.3) is 0 Å². The van der Waals surface area contributed by atoms with Crippen LogP contribution in [-0.4, -0.2) is 28.8 Å². The van der Waals surface area contributed by atoms with Crippen molar-refractivity contribution in [2.24, 2.45) is 7.05 Å². The van der Waals surface area contributed by atoms with E-state index in [4.69, 9.17) is 5.73 Å². The van der Waals surface area contributed by atoms with Crippen molar-refractivity contribution >= 4 is 23.3 Å². The van der Waals surface area contributed by atoms with E-state index in [1.807, 2.05) is 0 Å². The van der Waals surface area contributed by atoms with Gasteiger partial charge in [0.1, 0.15) is 0 Å². The molecule has 0 radical (unpaired) electrons. The van der Waals surface area contributed by atoms with E-state index in [-0.39, 0.29) is 16.9 Å². The Morgan fingerprint density at radius 2 is 2.05 bits per heavy atom. The molecule has 2 rings (SSSR count). The number of hydrogen-bond donors (Lipinski definition) is 2. The molecule has 20 heavy (non-hydrogen) atoms. The number of aryl methyl sites for hydroxylation is 1. The number of benzene rings is 1. The van der Waals surface area contributed by atoms with Gasteiger partial charge in [-0.25, -0.2) is 4.79 Å². The van der Waals surface area contributed by atoms with E-state index in [0.717, 1.165) is 0 Å². The number of hydrogen-bond acceptors (Lipinski definition) is 5. The van der Waals surface area contributed by atoms with Gasteiger partial charge in [-0.15, -0.1) is 0 Å². The highest BCUT2D eigenvalue weighted by Gasteiger charge is 2.17. The maximum absolute atomic E-state index is 12.1. The number of anilines is 2. The fourth-order valence-corrected chi connectivity index (χ4v) is 1.74. The normalized spacial score (nSPS) is 10.1. The summed E-state index contributed by atoms with van der Waals surface area (Å²) >= 11 is 0. The number of nitrogens with one attached hydrogen (secondary N) is 1. The van der Waals surface area contributed by atoms with E-state index in [1.165, 1.54) is 18.0 Å². The number of carbonyl (C=O) groups excluding carboxylic acids is 2. The molecule has 3 N–H and O–H groups in total. The highest BCUT2D eigenvalue weighted by Crippen LogP contribution is 2.18. The Labute approximate surface area is 115 Å². The van der Waals surface area contributed by atoms with Gasteiger partial charge in [-0.3, -0.25) is 9.48 Å². The van der Waals surface area contributed by atoms with Gasteiger partial charge in [-0.2, -0.15) is 5.10 Å². The zero-order valence-corrected chi connectivity index (χ0v) is 11.1. The van der Waals surface area contributed by atoms with Gasteiger partial charge in [0.25, 0.3) is 5.91 Å². The van der Waals surface area contributed by atoms with Crippen LogP contribution >= 0.6 is 0 Å². The Balaban J connectivity index is 2.29. The summed E-state index contributed by atoms with van der Waals surface area (Å²) in [5.74, 6) is -1.02. The van der Waals surface area contributed by atoms with Crippen molar-refractivity contribution in [2.75, 3.05) is 18.2 Å². The van der Waals surface area contributed by atoms with Crippen molar-refractivity contribution in [2.45, 2.75) is 0 Å². The third kappa shape index (κ3) is 2.61. The largest absolute Gasteiger partial charge is 0.465 e. The standard InChI is InChI=1S/C13H14N4O3/c1-17-7-9(14)11(16-17)12(18)15-10-6-4-3-5-8(10)13(19)20-2/h3-7H,14H2,1-2H3,(H,15,18). The Hall–Kier alpha value is -2.83. The molecular formula is C13H14N4O3. The van der Waals surface area contributed by atoms with Crippen LogP contribution in [-0.2, 0) is 11.8 Å². The molecule has 0 fully saturated rings. The average Bonchev–Trinajstić information content (AvgIpc) is 2.77. The summed E-state index contributed by atoms with van der Waals surface area (Å²) in [6, 6.07) is 6.54. The van der Waals surface area contributed by atoms with E-state index in [1.54, 1.807) is 31.3 Å². The Kier molecular flexibility index (Phi) is 3.69. The second kappa shape index (κ2) is 5.43. The molecule has 104 valence electrons. The first-order valence-corrected chi connectivity index (χ1v) is 5.80. The van der Waals surface area contributed by atoms with Gasteiger partial charge in [-0.1, -0.05) is 12.1 Å². The van der Waals surface area contributed by atoms with E-state index >= 15 is 0 Å². The third-order valence-electron chi connectivity index (χ3n) is 2.65. The minimum Gasteiger partial charge on any atom is -0.465 e. The van der Waals surface area contributed by atoms with Gasteiger partial charge in [0.2, 0.25) is 0 Å². The van der Waals surface area contributed by atoms with Gasteiger partial charge in [0.15, 0.2) is 5.69 Å². The highest BCUT2D eigenvalue weighted by molar-refractivity contribution is 6.09. The van der Waals surface area contributed by atoms with Crippen LogP contribution in [0.2, 0.25) is 0 Å². The first-order chi connectivity index (χ1) is 9.52. The molecule has 1 heterocycles. The van der Waals surface area contributed by atoms with E-state index in [9.17, 15) is 9.59 Å². The smallest absolute Gasteiger partial charge is 0.339 e. The number of esters is 1. The van der Waals surface area contributed by atoms with Crippen LogP contribution < -0.4 is 11.1 Å². The molecule has 0 bridgehead atoms. The topological polar surface area (TPSA) is 99.2 Å². The second-order valence-electron chi connectivity index (χ2n) is 4.10. The minimum absolute atomic E-state index is 0.104. The number of carbonyl (C=O) groups is 2. The summed E-state index contributed by atoms with van der Waals surface area (Å²) in [4.78, 5) is 23.7. The quantitative estimate of drug-likeness (QED) is 0.815. The van der Waals surface area contributed by atoms with E-state index < -0.39 is 11.9 Å². The molecule has 1 aromatic carbocycles. The number of nitrogens with two attached hydrogens (primary N) is 1. The molecule has 0 saturated heterocycles. The van der Waals surface area contributed by atoms with Crippen molar-refractivity contribution in [1.82, 2.24) is 9.78 Å². The van der Waals surface area contributed by atoms with Crippen LogP contribution in [0.4, 0.5) is 11.4 Å². The fourth-order valence-electron chi connectivity index (χ4n) is 1.74.